The number of rotatable bonds is 4. The monoisotopic (exact) mass is 302 g/mol. The number of carbonyl (C=O) groups is 1. The SMILES string of the molecule is O=C(NC(=Cc1ccc(Cl)cc1)[N+](=O)[O-])c1ccccc1. The highest BCUT2D eigenvalue weighted by molar-refractivity contribution is 6.30. The van der Waals surface area contributed by atoms with Gasteiger partial charge in [-0.15, -0.1) is 0 Å². The lowest BCUT2D eigenvalue weighted by Gasteiger charge is -2.02. The molecule has 21 heavy (non-hydrogen) atoms. The highest BCUT2D eigenvalue weighted by Gasteiger charge is 2.16. The maximum absolute atomic E-state index is 11.9. The minimum Gasteiger partial charge on any atom is -0.358 e. The minimum absolute atomic E-state index is 0.348. The first kappa shape index (κ1) is 14.7. The van der Waals surface area contributed by atoms with Crippen LogP contribution in [-0.2, 0) is 0 Å². The highest BCUT2D eigenvalue weighted by atomic mass is 35.5. The molecule has 106 valence electrons. The first-order chi connectivity index (χ1) is 10.1. The summed E-state index contributed by atoms with van der Waals surface area (Å²) in [5.74, 6) is -0.932. The van der Waals surface area contributed by atoms with E-state index in [1.165, 1.54) is 6.08 Å². The molecule has 6 heteroatoms. The van der Waals surface area contributed by atoms with Crippen LogP contribution in [-0.4, -0.2) is 10.8 Å². The third-order valence-corrected chi connectivity index (χ3v) is 2.90. The van der Waals surface area contributed by atoms with Crippen molar-refractivity contribution in [1.82, 2.24) is 5.32 Å². The number of amides is 1. The van der Waals surface area contributed by atoms with E-state index in [1.54, 1.807) is 54.6 Å². The molecule has 5 nitrogen and oxygen atoms in total. The summed E-state index contributed by atoms with van der Waals surface area (Å²) in [5, 5.41) is 13.9. The number of hydrogen-bond donors (Lipinski definition) is 1. The van der Waals surface area contributed by atoms with Gasteiger partial charge in [-0.3, -0.25) is 0 Å². The number of nitrogens with one attached hydrogen (secondary N) is 1. The second-order valence-corrected chi connectivity index (χ2v) is 4.59. The smallest absolute Gasteiger partial charge is 0.339 e. The van der Waals surface area contributed by atoms with Gasteiger partial charge in [0.15, 0.2) is 0 Å². The Labute approximate surface area is 126 Å². The molecule has 0 spiro atoms. The Balaban J connectivity index is 2.22. The lowest BCUT2D eigenvalue weighted by atomic mass is 10.2. The summed E-state index contributed by atoms with van der Waals surface area (Å²) in [5.41, 5.74) is 0.917. The van der Waals surface area contributed by atoms with Crippen molar-refractivity contribution < 1.29 is 9.72 Å². The summed E-state index contributed by atoms with van der Waals surface area (Å²) in [6.07, 6.45) is 1.27. The van der Waals surface area contributed by atoms with Crippen molar-refractivity contribution in [3.63, 3.8) is 0 Å². The average Bonchev–Trinajstić information content (AvgIpc) is 2.49. The van der Waals surface area contributed by atoms with Gasteiger partial charge in [0.2, 0.25) is 0 Å². The zero-order valence-electron chi connectivity index (χ0n) is 10.8. The number of hydrogen-bond acceptors (Lipinski definition) is 3. The Hall–Kier alpha value is -2.66. The van der Waals surface area contributed by atoms with E-state index in [1.807, 2.05) is 0 Å². The van der Waals surface area contributed by atoms with Gasteiger partial charge in [-0.25, -0.2) is 10.1 Å². The van der Waals surface area contributed by atoms with Gasteiger partial charge in [0, 0.05) is 11.1 Å². The molecule has 2 aromatic carbocycles. The fourth-order valence-electron chi connectivity index (χ4n) is 1.63. The maximum atomic E-state index is 11.9. The van der Waals surface area contributed by atoms with Crippen LogP contribution in [0.3, 0.4) is 0 Å². The molecular formula is C15H11ClN2O3. The quantitative estimate of drug-likeness (QED) is 0.695. The van der Waals surface area contributed by atoms with Crippen molar-refractivity contribution in [3.05, 3.63) is 86.7 Å². The van der Waals surface area contributed by atoms with Crippen molar-refractivity contribution >= 4 is 23.6 Å². The Kier molecular flexibility index (Phi) is 4.68. The third-order valence-electron chi connectivity index (χ3n) is 2.65. The largest absolute Gasteiger partial charge is 0.358 e. The summed E-state index contributed by atoms with van der Waals surface area (Å²) in [6, 6.07) is 14.8. The van der Waals surface area contributed by atoms with E-state index in [4.69, 9.17) is 11.6 Å². The van der Waals surface area contributed by atoms with Crippen LogP contribution in [0.15, 0.2) is 60.4 Å². The molecule has 0 heterocycles. The maximum Gasteiger partial charge on any atom is 0.339 e. The number of carbonyl (C=O) groups excluding carboxylic acids is 1. The van der Waals surface area contributed by atoms with E-state index in [-0.39, 0.29) is 0 Å². The van der Waals surface area contributed by atoms with Crippen molar-refractivity contribution in [3.8, 4) is 0 Å². The van der Waals surface area contributed by atoms with Crippen LogP contribution in [0.25, 0.3) is 6.08 Å². The second kappa shape index (κ2) is 6.67. The van der Waals surface area contributed by atoms with Gasteiger partial charge in [-0.1, -0.05) is 41.9 Å². The Morgan fingerprint density at radius 1 is 1.10 bits per heavy atom. The fourth-order valence-corrected chi connectivity index (χ4v) is 1.76. The normalized spacial score (nSPS) is 11.0. The van der Waals surface area contributed by atoms with Gasteiger partial charge in [0.05, 0.1) is 5.56 Å². The molecule has 0 atom stereocenters. The Morgan fingerprint density at radius 3 is 2.29 bits per heavy atom. The van der Waals surface area contributed by atoms with Crippen molar-refractivity contribution in [1.29, 1.82) is 0 Å². The lowest BCUT2D eigenvalue weighted by molar-refractivity contribution is -0.428. The lowest BCUT2D eigenvalue weighted by Crippen LogP contribution is -2.26. The van der Waals surface area contributed by atoms with Crippen molar-refractivity contribution in [2.75, 3.05) is 0 Å². The number of halogens is 1. The molecule has 0 aliphatic heterocycles. The van der Waals surface area contributed by atoms with E-state index < -0.39 is 16.7 Å². The zero-order chi connectivity index (χ0) is 15.2. The molecule has 0 bridgehead atoms. The fraction of sp³-hybridized carbons (Fsp3) is 0. The standard InChI is InChI=1S/C15H11ClN2O3/c16-13-8-6-11(7-9-13)10-14(18(20)21)17-15(19)12-4-2-1-3-5-12/h1-10H,(H,17,19). The Bertz CT molecular complexity index is 682. The van der Waals surface area contributed by atoms with Crippen LogP contribution in [0.4, 0.5) is 0 Å². The predicted molar refractivity (Wildman–Crippen MR) is 80.3 cm³/mol. The molecule has 0 aromatic heterocycles. The van der Waals surface area contributed by atoms with Crippen LogP contribution in [0.1, 0.15) is 15.9 Å². The molecular weight excluding hydrogens is 292 g/mol. The first-order valence-corrected chi connectivity index (χ1v) is 6.42. The van der Waals surface area contributed by atoms with Crippen LogP contribution >= 0.6 is 11.6 Å². The molecule has 0 radical (unpaired) electrons. The predicted octanol–water partition coefficient (Wildman–Crippen LogP) is 3.35. The third kappa shape index (κ3) is 4.15. The van der Waals surface area contributed by atoms with Gasteiger partial charge in [0.25, 0.3) is 0 Å². The number of nitrogens with zero attached hydrogens (tertiary/aromatic N) is 1. The molecule has 0 unspecified atom stereocenters. The number of nitro groups is 1. The highest BCUT2D eigenvalue weighted by Crippen LogP contribution is 2.12. The molecule has 0 aliphatic carbocycles. The zero-order valence-corrected chi connectivity index (χ0v) is 11.6. The Morgan fingerprint density at radius 2 is 1.71 bits per heavy atom. The van der Waals surface area contributed by atoms with E-state index in [2.05, 4.69) is 5.32 Å². The summed E-state index contributed by atoms with van der Waals surface area (Å²) in [7, 11) is 0. The van der Waals surface area contributed by atoms with Gasteiger partial charge in [-0.05, 0) is 34.8 Å². The van der Waals surface area contributed by atoms with Crippen molar-refractivity contribution in [2.45, 2.75) is 0 Å². The molecule has 0 saturated heterocycles. The van der Waals surface area contributed by atoms with Crippen LogP contribution in [0, 0.1) is 10.1 Å². The first-order valence-electron chi connectivity index (χ1n) is 6.04. The molecule has 0 fully saturated rings. The molecule has 1 amide bonds. The summed E-state index contributed by atoms with van der Waals surface area (Å²) in [6.45, 7) is 0. The van der Waals surface area contributed by atoms with Crippen LogP contribution in [0.5, 0.6) is 0 Å². The van der Waals surface area contributed by atoms with E-state index in [9.17, 15) is 14.9 Å². The summed E-state index contributed by atoms with van der Waals surface area (Å²) >= 11 is 5.75. The van der Waals surface area contributed by atoms with Crippen LogP contribution in [0.2, 0.25) is 5.02 Å². The molecule has 0 aliphatic rings. The molecule has 2 rings (SSSR count). The minimum atomic E-state index is -0.643. The van der Waals surface area contributed by atoms with Crippen molar-refractivity contribution in [2.24, 2.45) is 0 Å². The average molecular weight is 303 g/mol. The second-order valence-electron chi connectivity index (χ2n) is 4.16. The van der Waals surface area contributed by atoms with E-state index in [0.29, 0.717) is 16.1 Å². The van der Waals surface area contributed by atoms with Crippen LogP contribution < -0.4 is 5.32 Å². The van der Waals surface area contributed by atoms with E-state index in [0.717, 1.165) is 0 Å². The molecule has 2 aromatic rings. The summed E-state index contributed by atoms with van der Waals surface area (Å²) < 4.78 is 0. The van der Waals surface area contributed by atoms with E-state index >= 15 is 0 Å². The van der Waals surface area contributed by atoms with Gasteiger partial charge in [0.1, 0.15) is 0 Å². The molecule has 1 N–H and O–H groups in total. The van der Waals surface area contributed by atoms with Gasteiger partial charge < -0.3 is 10.1 Å². The molecule has 0 saturated carbocycles. The van der Waals surface area contributed by atoms with Gasteiger partial charge >= 0.3 is 11.7 Å². The number of benzene rings is 2. The topological polar surface area (TPSA) is 72.2 Å². The summed E-state index contributed by atoms with van der Waals surface area (Å²) in [4.78, 5) is 22.3. The van der Waals surface area contributed by atoms with Gasteiger partial charge in [-0.2, -0.15) is 0 Å².